The fraction of sp³-hybridized carbons (Fsp3) is 0.370. The van der Waals surface area contributed by atoms with Gasteiger partial charge in [0, 0.05) is 80.0 Å². The van der Waals surface area contributed by atoms with Crippen molar-refractivity contribution in [3.05, 3.63) is 81.6 Å². The minimum absolute atomic E-state index is 0.0328. The van der Waals surface area contributed by atoms with Crippen LogP contribution in [0.2, 0.25) is 0 Å². The summed E-state index contributed by atoms with van der Waals surface area (Å²) in [5, 5.41) is 6.82. The molecule has 0 unspecified atom stereocenters. The minimum Gasteiger partial charge on any atom is -0.378 e. The molecule has 1 aliphatic rings. The molecule has 5 rings (SSSR count). The number of hydrogen-bond acceptors (Lipinski definition) is 7. The van der Waals surface area contributed by atoms with E-state index in [1.54, 1.807) is 30.8 Å². The van der Waals surface area contributed by atoms with Crippen molar-refractivity contribution in [1.29, 1.82) is 0 Å². The number of allylic oxidation sites excluding steroid dienone is 2. The molecule has 36 heavy (non-hydrogen) atoms. The van der Waals surface area contributed by atoms with Crippen molar-refractivity contribution in [2.75, 3.05) is 32.1 Å². The van der Waals surface area contributed by atoms with E-state index in [1.807, 2.05) is 41.5 Å². The highest BCUT2D eigenvalue weighted by molar-refractivity contribution is 7.12. The molecule has 1 N–H and O–H groups in total. The van der Waals surface area contributed by atoms with E-state index in [0.29, 0.717) is 17.4 Å². The van der Waals surface area contributed by atoms with Crippen molar-refractivity contribution < 1.29 is 4.74 Å². The lowest BCUT2D eigenvalue weighted by Gasteiger charge is -2.20. The van der Waals surface area contributed by atoms with E-state index >= 15 is 0 Å². The third-order valence-electron chi connectivity index (χ3n) is 6.84. The molecule has 4 aromatic rings. The second kappa shape index (κ2) is 10.4. The maximum absolute atomic E-state index is 13.7. The van der Waals surface area contributed by atoms with Gasteiger partial charge in [-0.25, -0.2) is 9.97 Å². The largest absolute Gasteiger partial charge is 0.378 e. The summed E-state index contributed by atoms with van der Waals surface area (Å²) in [7, 11) is 3.72. The highest BCUT2D eigenvalue weighted by Gasteiger charge is 2.32. The molecule has 1 aliphatic heterocycles. The molecule has 9 heteroatoms. The van der Waals surface area contributed by atoms with Crippen LogP contribution in [-0.2, 0) is 17.7 Å². The standard InChI is InChI=1S/C27H32N6O2S/c1-18(2)7-10-31-11-8-29-25(31)13-19-15-33(27-30-9-12-36-27)23-14-20(5-6-21(23)26(19)34)32-16-22(28-3)24(17-32)35-4/h5-9,11-12,14-15,22,24,28H,10,13,16-17H2,1-4H3/t22-,24-/m0/s1. The van der Waals surface area contributed by atoms with E-state index in [9.17, 15) is 4.79 Å². The number of nitrogens with one attached hydrogen (secondary N) is 1. The van der Waals surface area contributed by atoms with Gasteiger partial charge in [-0.3, -0.25) is 9.36 Å². The molecular formula is C27H32N6O2S. The quantitative estimate of drug-likeness (QED) is 0.370. The number of likely N-dealkylation sites (N-methyl/N-ethyl adjacent to an activating group) is 1. The fourth-order valence-corrected chi connectivity index (χ4v) is 5.44. The summed E-state index contributed by atoms with van der Waals surface area (Å²) in [4.78, 5) is 25.1. The zero-order valence-electron chi connectivity index (χ0n) is 21.1. The third-order valence-corrected chi connectivity index (χ3v) is 7.61. The number of aromatic nitrogens is 4. The Morgan fingerprint density at radius 2 is 2.11 bits per heavy atom. The zero-order valence-corrected chi connectivity index (χ0v) is 22.0. The van der Waals surface area contributed by atoms with E-state index in [2.05, 4.69) is 50.7 Å². The van der Waals surface area contributed by atoms with Gasteiger partial charge in [-0.05, 0) is 39.1 Å². The minimum atomic E-state index is 0.0328. The number of rotatable bonds is 8. The Kier molecular flexibility index (Phi) is 7.04. The first-order valence-electron chi connectivity index (χ1n) is 12.1. The lowest BCUT2D eigenvalue weighted by molar-refractivity contribution is 0.0996. The van der Waals surface area contributed by atoms with Crippen molar-refractivity contribution in [1.82, 2.24) is 24.4 Å². The lowest BCUT2D eigenvalue weighted by Crippen LogP contribution is -2.37. The summed E-state index contributed by atoms with van der Waals surface area (Å²) in [6, 6.07) is 6.34. The predicted octanol–water partition coefficient (Wildman–Crippen LogP) is 3.62. The van der Waals surface area contributed by atoms with Gasteiger partial charge in [-0.2, -0.15) is 0 Å². The molecule has 4 heterocycles. The average molecular weight is 505 g/mol. The first kappa shape index (κ1) is 24.4. The molecule has 0 bridgehead atoms. The van der Waals surface area contributed by atoms with Crippen LogP contribution in [-0.4, -0.2) is 58.5 Å². The molecule has 188 valence electrons. The van der Waals surface area contributed by atoms with Crippen molar-refractivity contribution in [3.63, 3.8) is 0 Å². The number of ether oxygens (including phenoxy) is 1. The van der Waals surface area contributed by atoms with Gasteiger partial charge < -0.3 is 19.5 Å². The molecule has 0 radical (unpaired) electrons. The summed E-state index contributed by atoms with van der Waals surface area (Å²) < 4.78 is 9.82. The van der Waals surface area contributed by atoms with Crippen LogP contribution >= 0.6 is 11.3 Å². The maximum Gasteiger partial charge on any atom is 0.193 e. The highest BCUT2D eigenvalue weighted by atomic mass is 32.1. The molecule has 0 spiro atoms. The summed E-state index contributed by atoms with van der Waals surface area (Å²) in [5.74, 6) is 0.868. The Balaban J connectivity index is 1.57. The summed E-state index contributed by atoms with van der Waals surface area (Å²) in [6.45, 7) is 6.53. The average Bonchev–Trinajstić information content (AvgIpc) is 3.65. The van der Waals surface area contributed by atoms with Crippen LogP contribution < -0.4 is 15.6 Å². The highest BCUT2D eigenvalue weighted by Crippen LogP contribution is 2.28. The number of hydrogen-bond donors (Lipinski definition) is 1. The third kappa shape index (κ3) is 4.74. The van der Waals surface area contributed by atoms with Crippen molar-refractivity contribution in [2.24, 2.45) is 0 Å². The Labute approximate surface area is 214 Å². The molecule has 8 nitrogen and oxygen atoms in total. The smallest absolute Gasteiger partial charge is 0.193 e. The topological polar surface area (TPSA) is 77.2 Å². The second-order valence-corrected chi connectivity index (χ2v) is 10.3. The summed E-state index contributed by atoms with van der Waals surface area (Å²) in [6.07, 6.45) is 10.2. The number of nitrogens with zero attached hydrogens (tertiary/aromatic N) is 5. The Hall–Kier alpha value is -3.27. The molecule has 1 aromatic carbocycles. The fourth-order valence-electron chi connectivity index (χ4n) is 4.81. The second-order valence-electron chi connectivity index (χ2n) is 9.40. The van der Waals surface area contributed by atoms with Gasteiger partial charge in [0.25, 0.3) is 0 Å². The Morgan fingerprint density at radius 1 is 1.25 bits per heavy atom. The van der Waals surface area contributed by atoms with Crippen LogP contribution in [0.25, 0.3) is 16.0 Å². The summed E-state index contributed by atoms with van der Waals surface area (Å²) in [5.41, 5.74) is 3.90. The Bertz CT molecular complexity index is 1420. The summed E-state index contributed by atoms with van der Waals surface area (Å²) >= 11 is 1.55. The molecule has 1 fully saturated rings. The van der Waals surface area contributed by atoms with E-state index in [-0.39, 0.29) is 17.6 Å². The van der Waals surface area contributed by atoms with E-state index in [1.165, 1.54) is 5.57 Å². The molecule has 2 atom stereocenters. The number of anilines is 1. The van der Waals surface area contributed by atoms with Gasteiger partial charge >= 0.3 is 0 Å². The monoisotopic (exact) mass is 504 g/mol. The van der Waals surface area contributed by atoms with Crippen LogP contribution in [0.3, 0.4) is 0 Å². The molecule has 0 saturated carbocycles. The first-order valence-corrected chi connectivity index (χ1v) is 13.0. The normalized spacial score (nSPS) is 17.7. The number of methoxy groups -OCH3 is 1. The molecule has 0 aliphatic carbocycles. The lowest BCUT2D eigenvalue weighted by atomic mass is 10.1. The number of pyridine rings is 1. The molecular weight excluding hydrogens is 472 g/mol. The van der Waals surface area contributed by atoms with Gasteiger partial charge in [0.2, 0.25) is 0 Å². The van der Waals surface area contributed by atoms with Crippen LogP contribution in [0.4, 0.5) is 5.69 Å². The molecule has 1 saturated heterocycles. The van der Waals surface area contributed by atoms with Crippen LogP contribution in [0, 0.1) is 0 Å². The van der Waals surface area contributed by atoms with Gasteiger partial charge in [-0.1, -0.05) is 11.6 Å². The van der Waals surface area contributed by atoms with Crippen molar-refractivity contribution in [3.8, 4) is 5.13 Å². The Morgan fingerprint density at radius 3 is 2.81 bits per heavy atom. The molecule has 0 amide bonds. The van der Waals surface area contributed by atoms with Gasteiger partial charge in [-0.15, -0.1) is 11.3 Å². The predicted molar refractivity (Wildman–Crippen MR) is 146 cm³/mol. The van der Waals surface area contributed by atoms with Crippen LogP contribution in [0.1, 0.15) is 25.2 Å². The van der Waals surface area contributed by atoms with Crippen LogP contribution in [0.15, 0.2) is 64.8 Å². The van der Waals surface area contributed by atoms with Crippen molar-refractivity contribution >= 4 is 27.9 Å². The number of benzene rings is 1. The van der Waals surface area contributed by atoms with E-state index in [0.717, 1.165) is 41.8 Å². The maximum atomic E-state index is 13.7. The number of thiazole rings is 1. The molecule has 3 aromatic heterocycles. The number of fused-ring (bicyclic) bond motifs is 1. The SMILES string of the molecule is CN[C@H]1CN(c2ccc3c(=O)c(Cc4nccn4CC=C(C)C)cn(-c4nccs4)c3c2)C[C@@H]1OC. The van der Waals surface area contributed by atoms with Gasteiger partial charge in [0.1, 0.15) is 5.82 Å². The van der Waals surface area contributed by atoms with E-state index < -0.39 is 0 Å². The first-order chi connectivity index (χ1) is 17.5. The van der Waals surface area contributed by atoms with Crippen LogP contribution in [0.5, 0.6) is 0 Å². The van der Waals surface area contributed by atoms with Gasteiger partial charge in [0.15, 0.2) is 10.6 Å². The van der Waals surface area contributed by atoms with Gasteiger partial charge in [0.05, 0.1) is 17.7 Å². The van der Waals surface area contributed by atoms with E-state index in [4.69, 9.17) is 4.74 Å². The zero-order chi connectivity index (χ0) is 25.2. The number of imidazole rings is 1. The van der Waals surface area contributed by atoms with Crippen molar-refractivity contribution in [2.45, 2.75) is 39.0 Å².